The number of halogens is 1. The van der Waals surface area contributed by atoms with Crippen LogP contribution in [-0.4, -0.2) is 11.1 Å². The number of aryl methyl sites for hydroxylation is 2. The predicted molar refractivity (Wildman–Crippen MR) is 68.3 cm³/mol. The van der Waals surface area contributed by atoms with Gasteiger partial charge in [0, 0.05) is 0 Å². The van der Waals surface area contributed by atoms with Crippen molar-refractivity contribution in [3.05, 3.63) is 58.9 Å². The number of hydrogen-bond donors (Lipinski definition) is 1. The summed E-state index contributed by atoms with van der Waals surface area (Å²) in [5.41, 5.74) is 3.78. The second-order valence-electron chi connectivity index (χ2n) is 4.30. The minimum absolute atomic E-state index is 0.246. The fourth-order valence-electron chi connectivity index (χ4n) is 2.15. The molecule has 18 heavy (non-hydrogen) atoms. The van der Waals surface area contributed by atoms with Gasteiger partial charge in [-0.15, -0.1) is 0 Å². The van der Waals surface area contributed by atoms with Crippen molar-refractivity contribution in [1.82, 2.24) is 0 Å². The third kappa shape index (κ3) is 2.25. The van der Waals surface area contributed by atoms with Gasteiger partial charge in [0.25, 0.3) is 0 Å². The zero-order valence-electron chi connectivity index (χ0n) is 10.2. The smallest absolute Gasteiger partial charge is 0.335 e. The average molecular weight is 244 g/mol. The lowest BCUT2D eigenvalue weighted by Crippen LogP contribution is -1.96. The van der Waals surface area contributed by atoms with Gasteiger partial charge in [-0.3, -0.25) is 0 Å². The molecule has 92 valence electrons. The Morgan fingerprint density at radius 2 is 1.56 bits per heavy atom. The van der Waals surface area contributed by atoms with E-state index >= 15 is 0 Å². The Hall–Kier alpha value is -2.16. The van der Waals surface area contributed by atoms with E-state index in [-0.39, 0.29) is 11.4 Å². The van der Waals surface area contributed by atoms with E-state index in [0.717, 1.165) is 22.3 Å². The molecule has 0 saturated carbocycles. The van der Waals surface area contributed by atoms with Crippen LogP contribution in [0, 0.1) is 19.7 Å². The molecular formula is C15H13FO2. The molecule has 0 saturated heterocycles. The van der Waals surface area contributed by atoms with Gasteiger partial charge in [0.05, 0.1) is 5.56 Å². The monoisotopic (exact) mass is 244 g/mol. The largest absolute Gasteiger partial charge is 0.478 e. The SMILES string of the molecule is Cc1cc(F)cc(C)c1-c1ccc(C(=O)O)cc1. The summed E-state index contributed by atoms with van der Waals surface area (Å²) in [5, 5.41) is 8.84. The van der Waals surface area contributed by atoms with Crippen molar-refractivity contribution < 1.29 is 14.3 Å². The number of carbonyl (C=O) groups is 1. The minimum atomic E-state index is -0.950. The summed E-state index contributed by atoms with van der Waals surface area (Å²) >= 11 is 0. The molecule has 2 aromatic carbocycles. The molecule has 0 fully saturated rings. The van der Waals surface area contributed by atoms with Crippen molar-refractivity contribution in [3.8, 4) is 11.1 Å². The first-order valence-corrected chi connectivity index (χ1v) is 5.59. The van der Waals surface area contributed by atoms with Gasteiger partial charge in [-0.25, -0.2) is 9.18 Å². The minimum Gasteiger partial charge on any atom is -0.478 e. The molecule has 0 amide bonds. The fourth-order valence-corrected chi connectivity index (χ4v) is 2.15. The van der Waals surface area contributed by atoms with Crippen LogP contribution in [0.2, 0.25) is 0 Å². The van der Waals surface area contributed by atoms with E-state index in [0.29, 0.717) is 0 Å². The molecular weight excluding hydrogens is 231 g/mol. The lowest BCUT2D eigenvalue weighted by Gasteiger charge is -2.10. The summed E-state index contributed by atoms with van der Waals surface area (Å²) in [6.07, 6.45) is 0. The first kappa shape index (κ1) is 12.3. The summed E-state index contributed by atoms with van der Waals surface area (Å²) < 4.78 is 13.2. The molecule has 2 aromatic rings. The molecule has 0 aliphatic carbocycles. The molecule has 0 aliphatic heterocycles. The van der Waals surface area contributed by atoms with E-state index in [9.17, 15) is 9.18 Å². The maximum atomic E-state index is 13.2. The molecule has 0 aromatic heterocycles. The van der Waals surface area contributed by atoms with Crippen LogP contribution < -0.4 is 0 Å². The maximum absolute atomic E-state index is 13.2. The van der Waals surface area contributed by atoms with Gasteiger partial charge in [0.15, 0.2) is 0 Å². The van der Waals surface area contributed by atoms with Crippen molar-refractivity contribution in [2.75, 3.05) is 0 Å². The first-order chi connectivity index (χ1) is 8.49. The topological polar surface area (TPSA) is 37.3 Å². The van der Waals surface area contributed by atoms with Crippen LogP contribution in [0.25, 0.3) is 11.1 Å². The summed E-state index contributed by atoms with van der Waals surface area (Å²) in [5.74, 6) is -1.20. The Kier molecular flexibility index (Phi) is 3.15. The van der Waals surface area contributed by atoms with Crippen molar-refractivity contribution in [1.29, 1.82) is 0 Å². The molecule has 3 heteroatoms. The van der Waals surface area contributed by atoms with Crippen LogP contribution >= 0.6 is 0 Å². The van der Waals surface area contributed by atoms with Crippen LogP contribution in [-0.2, 0) is 0 Å². The molecule has 0 atom stereocenters. The van der Waals surface area contributed by atoms with Crippen LogP contribution in [0.1, 0.15) is 21.5 Å². The van der Waals surface area contributed by atoms with Crippen molar-refractivity contribution in [3.63, 3.8) is 0 Å². The van der Waals surface area contributed by atoms with Crippen LogP contribution in [0.3, 0.4) is 0 Å². The molecule has 2 nitrogen and oxygen atoms in total. The molecule has 0 bridgehead atoms. The number of rotatable bonds is 2. The summed E-state index contributed by atoms with van der Waals surface area (Å²) in [6.45, 7) is 3.69. The highest BCUT2D eigenvalue weighted by Gasteiger charge is 2.09. The van der Waals surface area contributed by atoms with Gasteiger partial charge in [-0.05, 0) is 60.4 Å². The average Bonchev–Trinajstić information content (AvgIpc) is 2.28. The third-order valence-electron chi connectivity index (χ3n) is 2.92. The zero-order chi connectivity index (χ0) is 13.3. The van der Waals surface area contributed by atoms with Crippen LogP contribution in [0.5, 0.6) is 0 Å². The summed E-state index contributed by atoms with van der Waals surface area (Å²) in [7, 11) is 0. The lowest BCUT2D eigenvalue weighted by atomic mass is 9.95. The second-order valence-corrected chi connectivity index (χ2v) is 4.30. The molecule has 1 N–H and O–H groups in total. The van der Waals surface area contributed by atoms with E-state index in [4.69, 9.17) is 5.11 Å². The summed E-state index contributed by atoms with van der Waals surface area (Å²) in [6, 6.07) is 9.56. The van der Waals surface area contributed by atoms with E-state index in [1.165, 1.54) is 12.1 Å². The number of carboxylic acid groups (broad SMARTS) is 1. The molecule has 0 radical (unpaired) electrons. The molecule has 2 rings (SSSR count). The molecule has 0 aliphatic rings. The van der Waals surface area contributed by atoms with Gasteiger partial charge in [0.2, 0.25) is 0 Å². The quantitative estimate of drug-likeness (QED) is 0.872. The Labute approximate surface area is 105 Å². The van der Waals surface area contributed by atoms with E-state index < -0.39 is 5.97 Å². The highest BCUT2D eigenvalue weighted by atomic mass is 19.1. The second kappa shape index (κ2) is 4.61. The first-order valence-electron chi connectivity index (χ1n) is 5.59. The van der Waals surface area contributed by atoms with E-state index in [1.807, 2.05) is 13.8 Å². The standard InChI is InChI=1S/C15H13FO2/c1-9-7-13(16)8-10(2)14(9)11-3-5-12(6-4-11)15(17)18/h3-8H,1-2H3,(H,17,18). The lowest BCUT2D eigenvalue weighted by molar-refractivity contribution is 0.0697. The number of hydrogen-bond acceptors (Lipinski definition) is 1. The number of aromatic carboxylic acids is 1. The Bertz CT molecular complexity index is 577. The fraction of sp³-hybridized carbons (Fsp3) is 0.133. The van der Waals surface area contributed by atoms with Crippen molar-refractivity contribution in [2.45, 2.75) is 13.8 Å². The Balaban J connectivity index is 2.52. The molecule has 0 spiro atoms. The van der Waals surface area contributed by atoms with E-state index in [2.05, 4.69) is 0 Å². The highest BCUT2D eigenvalue weighted by Crippen LogP contribution is 2.28. The van der Waals surface area contributed by atoms with Crippen LogP contribution in [0.15, 0.2) is 36.4 Å². The molecule has 0 unspecified atom stereocenters. The Morgan fingerprint density at radius 1 is 1.06 bits per heavy atom. The number of carboxylic acids is 1. The van der Waals surface area contributed by atoms with Gasteiger partial charge < -0.3 is 5.11 Å². The van der Waals surface area contributed by atoms with Crippen molar-refractivity contribution >= 4 is 5.97 Å². The predicted octanol–water partition coefficient (Wildman–Crippen LogP) is 3.81. The summed E-state index contributed by atoms with van der Waals surface area (Å²) in [4.78, 5) is 10.8. The van der Waals surface area contributed by atoms with Gasteiger partial charge in [0.1, 0.15) is 5.82 Å². The zero-order valence-corrected chi connectivity index (χ0v) is 10.2. The third-order valence-corrected chi connectivity index (χ3v) is 2.92. The van der Waals surface area contributed by atoms with E-state index in [1.54, 1.807) is 24.3 Å². The van der Waals surface area contributed by atoms with Crippen LogP contribution in [0.4, 0.5) is 4.39 Å². The maximum Gasteiger partial charge on any atom is 0.335 e. The normalized spacial score (nSPS) is 10.4. The number of benzene rings is 2. The highest BCUT2D eigenvalue weighted by molar-refractivity contribution is 5.88. The van der Waals surface area contributed by atoms with Crippen molar-refractivity contribution in [2.24, 2.45) is 0 Å². The van der Waals surface area contributed by atoms with Gasteiger partial charge in [-0.2, -0.15) is 0 Å². The van der Waals surface area contributed by atoms with Gasteiger partial charge >= 0.3 is 5.97 Å². The Morgan fingerprint density at radius 3 is 2.00 bits per heavy atom. The molecule has 0 heterocycles. The van der Waals surface area contributed by atoms with Gasteiger partial charge in [-0.1, -0.05) is 12.1 Å².